The third-order valence-corrected chi connectivity index (χ3v) is 6.85. The average molecular weight is 502 g/mol. The Bertz CT molecular complexity index is 1660. The molecule has 5 aromatic rings. The molecule has 180 valence electrons. The number of H-pyrrole nitrogens is 1. The molecular formula is C25H20ClN7O3. The van der Waals surface area contributed by atoms with Crippen LogP contribution in [0.3, 0.4) is 0 Å². The first-order valence-corrected chi connectivity index (χ1v) is 11.8. The number of aromatic hydroxyl groups is 1. The van der Waals surface area contributed by atoms with Gasteiger partial charge in [0.15, 0.2) is 5.69 Å². The van der Waals surface area contributed by atoms with Gasteiger partial charge in [0.2, 0.25) is 0 Å². The summed E-state index contributed by atoms with van der Waals surface area (Å²) in [5, 5.41) is 24.9. The molecule has 0 radical (unpaired) electrons. The Hall–Kier alpha value is -4.44. The lowest BCUT2D eigenvalue weighted by atomic mass is 9.92. The van der Waals surface area contributed by atoms with Gasteiger partial charge in [-0.1, -0.05) is 18.2 Å². The van der Waals surface area contributed by atoms with Crippen LogP contribution in [0.5, 0.6) is 5.75 Å². The number of carbonyl (C=O) groups is 2. The molecule has 0 saturated carbocycles. The maximum absolute atomic E-state index is 13.6. The molecule has 1 atom stereocenters. The number of benzene rings is 2. The normalized spacial score (nSPS) is 14.9. The summed E-state index contributed by atoms with van der Waals surface area (Å²) in [6.45, 7) is 2.37. The Morgan fingerprint density at radius 3 is 2.86 bits per heavy atom. The number of nitrogens with one attached hydrogen (secondary N) is 2. The summed E-state index contributed by atoms with van der Waals surface area (Å²) in [6.07, 6.45) is 4.61. The van der Waals surface area contributed by atoms with Crippen molar-refractivity contribution < 1.29 is 14.7 Å². The number of hydrogen-bond donors (Lipinski definition) is 3. The molecule has 2 aromatic carbocycles. The number of anilines is 2. The van der Waals surface area contributed by atoms with Crippen LogP contribution < -0.4 is 10.2 Å². The third kappa shape index (κ3) is 3.45. The van der Waals surface area contributed by atoms with Crippen molar-refractivity contribution in [2.75, 3.05) is 22.6 Å². The molecule has 0 aliphatic carbocycles. The van der Waals surface area contributed by atoms with Gasteiger partial charge in [0.25, 0.3) is 11.8 Å². The number of phenols is 1. The molecule has 11 heteroatoms. The first-order valence-electron chi connectivity index (χ1n) is 11.2. The number of fused-ring (bicyclic) bond motifs is 4. The second kappa shape index (κ2) is 8.35. The predicted molar refractivity (Wildman–Crippen MR) is 135 cm³/mol. The van der Waals surface area contributed by atoms with Crippen molar-refractivity contribution in [2.24, 2.45) is 0 Å². The van der Waals surface area contributed by atoms with Gasteiger partial charge in [-0.05, 0) is 35.6 Å². The van der Waals surface area contributed by atoms with E-state index in [-0.39, 0.29) is 29.0 Å². The third-order valence-electron chi connectivity index (χ3n) is 6.48. The fourth-order valence-corrected chi connectivity index (χ4v) is 5.08. The highest BCUT2D eigenvalue weighted by Crippen LogP contribution is 2.46. The van der Waals surface area contributed by atoms with Crippen LogP contribution in [0.25, 0.3) is 16.4 Å². The molecule has 3 aromatic heterocycles. The van der Waals surface area contributed by atoms with Crippen molar-refractivity contribution in [3.63, 3.8) is 0 Å². The number of nitrogens with zero attached hydrogens (tertiary/aromatic N) is 5. The SMILES string of the molecule is Cc1cccc2c(O)cc3c(c12)[C@H](CCl)CN3C(=O)c1cn2cc(NC(=O)c3cn[nH]n3)ccc2n1. The molecule has 0 unspecified atom stereocenters. The number of aryl methyl sites for hydroxylation is 1. The van der Waals surface area contributed by atoms with Crippen LogP contribution in [-0.2, 0) is 0 Å². The number of pyridine rings is 1. The fourth-order valence-electron chi connectivity index (χ4n) is 4.83. The van der Waals surface area contributed by atoms with Crippen LogP contribution >= 0.6 is 11.6 Å². The van der Waals surface area contributed by atoms with Gasteiger partial charge in [-0.15, -0.1) is 11.6 Å². The average Bonchev–Trinajstić information content (AvgIpc) is 3.62. The van der Waals surface area contributed by atoms with Gasteiger partial charge in [-0.2, -0.15) is 15.4 Å². The van der Waals surface area contributed by atoms with E-state index < -0.39 is 5.91 Å². The number of alkyl halides is 1. The molecule has 3 N–H and O–H groups in total. The highest BCUT2D eigenvalue weighted by atomic mass is 35.5. The van der Waals surface area contributed by atoms with Crippen molar-refractivity contribution in [3.05, 3.63) is 77.5 Å². The molecular weight excluding hydrogens is 482 g/mol. The number of aromatic amines is 1. The lowest BCUT2D eigenvalue weighted by Gasteiger charge is -2.17. The van der Waals surface area contributed by atoms with E-state index in [1.165, 1.54) is 6.20 Å². The van der Waals surface area contributed by atoms with E-state index in [1.807, 2.05) is 25.1 Å². The monoisotopic (exact) mass is 501 g/mol. The van der Waals surface area contributed by atoms with Crippen LogP contribution in [0.4, 0.5) is 11.4 Å². The van der Waals surface area contributed by atoms with Crippen molar-refractivity contribution in [1.82, 2.24) is 24.8 Å². The Morgan fingerprint density at radius 1 is 1.22 bits per heavy atom. The maximum Gasteiger partial charge on any atom is 0.278 e. The highest BCUT2D eigenvalue weighted by molar-refractivity contribution is 6.19. The number of rotatable bonds is 4. The van der Waals surface area contributed by atoms with E-state index in [0.29, 0.717) is 29.4 Å². The molecule has 0 spiro atoms. The summed E-state index contributed by atoms with van der Waals surface area (Å²) in [5.41, 5.74) is 4.06. The molecule has 1 aliphatic heterocycles. The second-order valence-corrected chi connectivity index (χ2v) is 9.02. The number of hydrogen-bond acceptors (Lipinski definition) is 6. The number of phenolic OH excluding ortho intramolecular Hbond substituents is 1. The molecule has 0 bridgehead atoms. The minimum absolute atomic E-state index is 0.0785. The van der Waals surface area contributed by atoms with Crippen LogP contribution in [0.15, 0.2) is 55.0 Å². The summed E-state index contributed by atoms with van der Waals surface area (Å²) in [7, 11) is 0. The molecule has 4 heterocycles. The molecule has 2 amide bonds. The molecule has 36 heavy (non-hydrogen) atoms. The molecule has 0 saturated heterocycles. The van der Waals surface area contributed by atoms with Gasteiger partial charge in [0.1, 0.15) is 17.1 Å². The van der Waals surface area contributed by atoms with Crippen molar-refractivity contribution in [3.8, 4) is 5.75 Å². The predicted octanol–water partition coefficient (Wildman–Crippen LogP) is 3.85. The van der Waals surface area contributed by atoms with E-state index in [1.54, 1.807) is 39.9 Å². The Balaban J connectivity index is 1.36. The van der Waals surface area contributed by atoms with Crippen LogP contribution in [0, 0.1) is 6.92 Å². The van der Waals surface area contributed by atoms with Crippen LogP contribution in [0.2, 0.25) is 0 Å². The van der Waals surface area contributed by atoms with Gasteiger partial charge in [0, 0.05) is 42.2 Å². The minimum atomic E-state index is -0.414. The fraction of sp³-hybridized carbons (Fsp3) is 0.160. The van der Waals surface area contributed by atoms with Crippen molar-refractivity contribution in [2.45, 2.75) is 12.8 Å². The molecule has 0 fully saturated rings. The van der Waals surface area contributed by atoms with Crippen LogP contribution in [-0.4, -0.2) is 54.1 Å². The maximum atomic E-state index is 13.6. The Kier molecular flexibility index (Phi) is 5.11. The molecule has 6 rings (SSSR count). The molecule has 1 aliphatic rings. The number of halogens is 1. The topological polar surface area (TPSA) is 129 Å². The van der Waals surface area contributed by atoms with E-state index in [0.717, 1.165) is 21.9 Å². The minimum Gasteiger partial charge on any atom is -0.507 e. The lowest BCUT2D eigenvalue weighted by molar-refractivity contribution is 0.0982. The second-order valence-electron chi connectivity index (χ2n) is 8.71. The largest absolute Gasteiger partial charge is 0.507 e. The van der Waals surface area contributed by atoms with Crippen molar-refractivity contribution in [1.29, 1.82) is 0 Å². The first kappa shape index (κ1) is 22.1. The zero-order valence-corrected chi connectivity index (χ0v) is 19.8. The molecule has 10 nitrogen and oxygen atoms in total. The summed E-state index contributed by atoms with van der Waals surface area (Å²) in [6, 6.07) is 10.8. The lowest BCUT2D eigenvalue weighted by Crippen LogP contribution is -2.30. The zero-order valence-electron chi connectivity index (χ0n) is 19.1. The van der Waals surface area contributed by atoms with E-state index >= 15 is 0 Å². The van der Waals surface area contributed by atoms with Crippen LogP contribution in [0.1, 0.15) is 38.0 Å². The summed E-state index contributed by atoms with van der Waals surface area (Å²) >= 11 is 6.34. The number of imidazole rings is 1. The number of amides is 2. The number of carbonyl (C=O) groups excluding carboxylic acids is 2. The standard InChI is InChI=1S/C25H20ClN7O3/c1-13-3-2-4-16-20(34)7-19-23(22(13)16)14(8-26)10-33(19)25(36)18-12-32-11-15(5-6-21(32)29-18)28-24(35)17-9-27-31-30-17/h2-7,9,11-12,14,34H,8,10H2,1H3,(H,28,35)(H,27,30,31)/t14-/m1/s1. The summed E-state index contributed by atoms with van der Waals surface area (Å²) < 4.78 is 1.67. The first-order chi connectivity index (χ1) is 17.4. The van der Waals surface area contributed by atoms with Gasteiger partial charge < -0.3 is 19.7 Å². The van der Waals surface area contributed by atoms with Gasteiger partial charge >= 0.3 is 0 Å². The van der Waals surface area contributed by atoms with E-state index in [9.17, 15) is 14.7 Å². The smallest absolute Gasteiger partial charge is 0.278 e. The van der Waals surface area contributed by atoms with Crippen molar-refractivity contribution >= 4 is 51.2 Å². The van der Waals surface area contributed by atoms with E-state index in [4.69, 9.17) is 11.6 Å². The Labute approximate surface area is 209 Å². The Morgan fingerprint density at radius 2 is 2.08 bits per heavy atom. The number of aromatic nitrogens is 5. The zero-order chi connectivity index (χ0) is 25.0. The quantitative estimate of drug-likeness (QED) is 0.321. The van der Waals surface area contributed by atoms with E-state index in [2.05, 4.69) is 25.7 Å². The van der Waals surface area contributed by atoms with Gasteiger partial charge in [-0.3, -0.25) is 9.59 Å². The van der Waals surface area contributed by atoms with Gasteiger partial charge in [0.05, 0.1) is 17.6 Å². The highest BCUT2D eigenvalue weighted by Gasteiger charge is 2.36. The summed E-state index contributed by atoms with van der Waals surface area (Å²) in [4.78, 5) is 32.0. The van der Waals surface area contributed by atoms with Gasteiger partial charge in [-0.25, -0.2) is 4.98 Å². The summed E-state index contributed by atoms with van der Waals surface area (Å²) in [5.74, 6) is -0.339.